The largest absolute Gasteiger partial charge is 0.379 e. The van der Waals surface area contributed by atoms with Gasteiger partial charge in [0, 0.05) is 26.0 Å². The number of sulfonamides is 1. The number of carbonyl (C=O) groups is 3. The predicted octanol–water partition coefficient (Wildman–Crippen LogP) is 0.710. The summed E-state index contributed by atoms with van der Waals surface area (Å²) in [5.41, 5.74) is -1.54. The van der Waals surface area contributed by atoms with Crippen molar-refractivity contribution in [2.75, 3.05) is 27.0 Å². The van der Waals surface area contributed by atoms with Crippen LogP contribution in [0.3, 0.4) is 0 Å². The predicted molar refractivity (Wildman–Crippen MR) is 121 cm³/mol. The number of nitrogens with one attached hydrogen (secondary N) is 2. The highest BCUT2D eigenvalue weighted by Gasteiger charge is 2.61. The lowest BCUT2D eigenvalue weighted by atomic mass is 9.84. The van der Waals surface area contributed by atoms with Gasteiger partial charge in [0.2, 0.25) is 21.8 Å². The minimum absolute atomic E-state index is 0.167. The monoisotopic (exact) mass is 471 g/mol. The van der Waals surface area contributed by atoms with Crippen molar-refractivity contribution in [3.63, 3.8) is 0 Å². The molecule has 2 aliphatic rings. The van der Waals surface area contributed by atoms with Gasteiger partial charge in [-0.15, -0.1) is 6.58 Å². The van der Waals surface area contributed by atoms with Crippen molar-refractivity contribution in [3.8, 4) is 0 Å². The summed E-state index contributed by atoms with van der Waals surface area (Å²) in [6, 6.07) is -1.27. The second-order valence-corrected chi connectivity index (χ2v) is 12.0. The van der Waals surface area contributed by atoms with E-state index in [0.717, 1.165) is 6.26 Å². The van der Waals surface area contributed by atoms with Crippen LogP contribution in [0.15, 0.2) is 12.7 Å². The lowest BCUT2D eigenvalue weighted by Gasteiger charge is -2.35. The fourth-order valence-corrected chi connectivity index (χ4v) is 5.45. The van der Waals surface area contributed by atoms with Crippen LogP contribution in [0.5, 0.6) is 0 Å². The zero-order chi connectivity index (χ0) is 24.6. The molecule has 32 heavy (non-hydrogen) atoms. The van der Waals surface area contributed by atoms with E-state index in [0.29, 0.717) is 6.42 Å². The van der Waals surface area contributed by atoms with E-state index in [-0.39, 0.29) is 48.0 Å². The molecule has 182 valence electrons. The van der Waals surface area contributed by atoms with Crippen LogP contribution in [-0.4, -0.2) is 76.1 Å². The molecule has 1 heterocycles. The average molecular weight is 472 g/mol. The summed E-state index contributed by atoms with van der Waals surface area (Å²) >= 11 is 0. The van der Waals surface area contributed by atoms with Gasteiger partial charge in [0.05, 0.1) is 29.9 Å². The number of ketones is 1. The van der Waals surface area contributed by atoms with Gasteiger partial charge in [0.25, 0.3) is 0 Å². The van der Waals surface area contributed by atoms with Crippen LogP contribution in [0.25, 0.3) is 0 Å². The van der Waals surface area contributed by atoms with Gasteiger partial charge in [-0.25, -0.2) is 8.42 Å². The van der Waals surface area contributed by atoms with Gasteiger partial charge in [-0.1, -0.05) is 33.8 Å². The fraction of sp³-hybridized carbons (Fsp3) is 0.773. The molecule has 0 bridgehead atoms. The Labute approximate surface area is 191 Å². The summed E-state index contributed by atoms with van der Waals surface area (Å²) in [5.74, 6) is -1.75. The van der Waals surface area contributed by atoms with Crippen LogP contribution in [0.4, 0.5) is 0 Å². The average Bonchev–Trinajstić information content (AvgIpc) is 3.26. The van der Waals surface area contributed by atoms with Crippen molar-refractivity contribution in [3.05, 3.63) is 12.7 Å². The molecule has 2 rings (SSSR count). The maximum absolute atomic E-state index is 13.5. The normalized spacial score (nSPS) is 31.2. The molecule has 1 saturated carbocycles. The molecule has 1 aliphatic carbocycles. The zero-order valence-corrected chi connectivity index (χ0v) is 20.9. The minimum Gasteiger partial charge on any atom is -0.379 e. The Morgan fingerprint density at radius 2 is 1.91 bits per heavy atom. The first-order chi connectivity index (χ1) is 14.6. The van der Waals surface area contributed by atoms with E-state index in [4.69, 9.17) is 4.74 Å². The Balaban J connectivity index is 2.34. The molecule has 2 N–H and O–H groups in total. The van der Waals surface area contributed by atoms with Gasteiger partial charge < -0.3 is 15.0 Å². The molecule has 6 atom stereocenters. The van der Waals surface area contributed by atoms with Crippen LogP contribution in [0.1, 0.15) is 40.5 Å². The van der Waals surface area contributed by atoms with Gasteiger partial charge >= 0.3 is 0 Å². The molecular weight excluding hydrogens is 434 g/mol. The molecule has 10 heteroatoms. The van der Waals surface area contributed by atoms with Crippen molar-refractivity contribution in [1.29, 1.82) is 0 Å². The van der Waals surface area contributed by atoms with Crippen LogP contribution >= 0.6 is 0 Å². The first-order valence-electron chi connectivity index (χ1n) is 10.8. The van der Waals surface area contributed by atoms with E-state index in [9.17, 15) is 22.8 Å². The number of ether oxygens (including phenoxy) is 1. The molecule has 1 aliphatic heterocycles. The lowest BCUT2D eigenvalue weighted by Crippen LogP contribution is -2.55. The third-order valence-electron chi connectivity index (χ3n) is 6.75. The third-order valence-corrected chi connectivity index (χ3v) is 7.31. The highest BCUT2D eigenvalue weighted by Crippen LogP contribution is 2.57. The van der Waals surface area contributed by atoms with E-state index >= 15 is 0 Å². The number of likely N-dealkylation sites (N-methyl/N-ethyl adjacent to an activating group) is 1. The van der Waals surface area contributed by atoms with E-state index in [2.05, 4.69) is 11.9 Å². The third kappa shape index (κ3) is 5.23. The molecule has 0 aromatic rings. The van der Waals surface area contributed by atoms with E-state index in [1.165, 1.54) is 0 Å². The number of carbonyl (C=O) groups excluding carboxylic acids is 3. The smallest absolute Gasteiger partial charge is 0.240 e. The van der Waals surface area contributed by atoms with Gasteiger partial charge in [-0.2, -0.15) is 0 Å². The van der Waals surface area contributed by atoms with Crippen LogP contribution in [0.2, 0.25) is 0 Å². The molecule has 0 aromatic heterocycles. The summed E-state index contributed by atoms with van der Waals surface area (Å²) in [6.45, 7) is 11.7. The van der Waals surface area contributed by atoms with E-state index in [1.54, 1.807) is 25.1 Å². The van der Waals surface area contributed by atoms with Gasteiger partial charge in [-0.3, -0.25) is 19.1 Å². The van der Waals surface area contributed by atoms with Gasteiger partial charge in [0.1, 0.15) is 0 Å². The number of likely N-dealkylation sites (tertiary alicyclic amines) is 1. The zero-order valence-electron chi connectivity index (χ0n) is 20.1. The number of nitrogens with zero attached hydrogens (tertiary/aromatic N) is 1. The Kier molecular flexibility index (Phi) is 7.63. The van der Waals surface area contributed by atoms with Crippen molar-refractivity contribution in [2.24, 2.45) is 22.7 Å². The topological polar surface area (TPSA) is 122 Å². The quantitative estimate of drug-likeness (QED) is 0.475. The number of rotatable bonds is 9. The second kappa shape index (κ2) is 9.23. The number of Topliss-reactive ketones (excluding diaryl/α,β-unsaturated/α-hetero) is 1. The Hall–Kier alpha value is -1.78. The Bertz CT molecular complexity index is 881. The standard InChI is InChI=1S/C22H37N3O6S/c1-9-14-10-22(14,20(28)24-32(8,29)30)11-15(26)17-13(2)16(31-7)12-25(17)19(27)18(23-6)21(3,4)5/h9,13-14,16-18,23H,1,10-12H2,2-8H3,(H,24,28)/t13-,14-,16+,17+,18-,22-/m1/s1. The molecular formula is C22H37N3O6S. The number of allylic oxidation sites excluding steroid dienone is 1. The van der Waals surface area contributed by atoms with Crippen LogP contribution < -0.4 is 10.0 Å². The van der Waals surface area contributed by atoms with Crippen LogP contribution in [0, 0.1) is 22.7 Å². The van der Waals surface area contributed by atoms with Crippen molar-refractivity contribution in [2.45, 2.75) is 58.7 Å². The van der Waals surface area contributed by atoms with E-state index < -0.39 is 33.4 Å². The highest BCUT2D eigenvalue weighted by atomic mass is 32.2. The summed E-state index contributed by atoms with van der Waals surface area (Å²) in [4.78, 5) is 41.3. The summed E-state index contributed by atoms with van der Waals surface area (Å²) in [7, 11) is -0.513. The summed E-state index contributed by atoms with van der Waals surface area (Å²) in [5, 5.41) is 3.06. The molecule has 1 saturated heterocycles. The second-order valence-electron chi connectivity index (χ2n) is 10.2. The molecule has 2 amide bonds. The van der Waals surface area contributed by atoms with Crippen molar-refractivity contribution >= 4 is 27.6 Å². The molecule has 9 nitrogen and oxygen atoms in total. The summed E-state index contributed by atoms with van der Waals surface area (Å²) in [6.07, 6.45) is 2.33. The summed E-state index contributed by atoms with van der Waals surface area (Å²) < 4.78 is 30.8. The Morgan fingerprint density at radius 1 is 1.31 bits per heavy atom. The number of hydrogen-bond donors (Lipinski definition) is 2. The van der Waals surface area contributed by atoms with Gasteiger partial charge in [-0.05, 0) is 24.8 Å². The number of methoxy groups -OCH3 is 1. The molecule has 0 aromatic carbocycles. The van der Waals surface area contributed by atoms with Crippen molar-refractivity contribution < 1.29 is 27.5 Å². The molecule has 0 spiro atoms. The minimum atomic E-state index is -3.77. The van der Waals surface area contributed by atoms with E-state index in [1.807, 2.05) is 32.4 Å². The first-order valence-corrected chi connectivity index (χ1v) is 12.7. The van der Waals surface area contributed by atoms with Crippen molar-refractivity contribution in [1.82, 2.24) is 14.9 Å². The Morgan fingerprint density at radius 3 is 2.31 bits per heavy atom. The SMILES string of the molecule is C=C[C@@H]1C[C@]1(CC(=O)[C@@H]1[C@H](C)[C@@H](OC)CN1C(=O)[C@@H](NC)C(C)(C)C)C(=O)NS(C)(=O)=O. The molecule has 0 unspecified atom stereocenters. The maximum atomic E-state index is 13.5. The number of hydrogen-bond acceptors (Lipinski definition) is 7. The lowest BCUT2D eigenvalue weighted by molar-refractivity contribution is -0.143. The van der Waals surface area contributed by atoms with Gasteiger partial charge in [0.15, 0.2) is 5.78 Å². The highest BCUT2D eigenvalue weighted by molar-refractivity contribution is 7.89. The first kappa shape index (κ1) is 26.5. The molecule has 0 radical (unpaired) electrons. The maximum Gasteiger partial charge on any atom is 0.240 e. The fourth-order valence-electron chi connectivity index (χ4n) is 4.91. The van der Waals surface area contributed by atoms with Crippen LogP contribution in [-0.2, 0) is 29.1 Å². The number of amides is 2. The molecule has 2 fully saturated rings.